The number of nitrogens with two attached hydrogens (primary N) is 1. The van der Waals surface area contributed by atoms with Gasteiger partial charge in [-0.2, -0.15) is 0 Å². The van der Waals surface area contributed by atoms with Gasteiger partial charge in [0, 0.05) is 37.7 Å². The van der Waals surface area contributed by atoms with Gasteiger partial charge in [0.15, 0.2) is 0 Å². The molecule has 18 heavy (non-hydrogen) atoms. The topological polar surface area (TPSA) is 98.2 Å². The van der Waals surface area contributed by atoms with Gasteiger partial charge in [-0.1, -0.05) is 0 Å². The molecule has 0 aliphatic heterocycles. The summed E-state index contributed by atoms with van der Waals surface area (Å²) in [4.78, 5) is 20.5. The molecule has 0 saturated carbocycles. The lowest BCUT2D eigenvalue weighted by Gasteiger charge is -2.18. The van der Waals surface area contributed by atoms with E-state index in [1.807, 2.05) is 11.9 Å². The summed E-state index contributed by atoms with van der Waals surface area (Å²) in [5.41, 5.74) is 6.20. The van der Waals surface area contributed by atoms with Crippen molar-refractivity contribution in [1.29, 1.82) is 0 Å². The molecule has 2 rings (SSSR count). The van der Waals surface area contributed by atoms with Crippen molar-refractivity contribution in [2.45, 2.75) is 0 Å². The molecular weight excluding hydrogens is 234 g/mol. The largest absolute Gasteiger partial charge is 0.358 e. The number of likely N-dealkylation sites (N-methyl/N-ethyl adjacent to an activating group) is 1. The monoisotopic (exact) mass is 247 g/mol. The molecule has 0 aliphatic rings. The van der Waals surface area contributed by atoms with Crippen molar-refractivity contribution in [3.63, 3.8) is 0 Å². The van der Waals surface area contributed by atoms with E-state index in [4.69, 9.17) is 5.73 Å². The average molecular weight is 247 g/mol. The minimum Gasteiger partial charge on any atom is -0.358 e. The van der Waals surface area contributed by atoms with Crippen molar-refractivity contribution < 1.29 is 4.92 Å². The number of nitro benzene ring substituents is 1. The molecular formula is C11H13N5O2. The zero-order chi connectivity index (χ0) is 13.1. The first-order valence-electron chi connectivity index (χ1n) is 5.44. The summed E-state index contributed by atoms with van der Waals surface area (Å²) in [6.07, 6.45) is 1.44. The number of benzene rings is 1. The molecule has 0 saturated heterocycles. The molecule has 0 bridgehead atoms. The maximum absolute atomic E-state index is 10.8. The number of aromatic nitrogens is 2. The number of anilines is 1. The molecule has 0 spiro atoms. The molecule has 0 fully saturated rings. The van der Waals surface area contributed by atoms with Crippen molar-refractivity contribution in [3.8, 4) is 0 Å². The van der Waals surface area contributed by atoms with Crippen LogP contribution in [0.3, 0.4) is 0 Å². The average Bonchev–Trinajstić information content (AvgIpc) is 2.37. The summed E-state index contributed by atoms with van der Waals surface area (Å²) in [5.74, 6) is 0.647. The molecule has 0 unspecified atom stereocenters. The van der Waals surface area contributed by atoms with Crippen LogP contribution in [0.2, 0.25) is 0 Å². The first-order valence-corrected chi connectivity index (χ1v) is 5.44. The van der Waals surface area contributed by atoms with Crippen LogP contribution in [0.1, 0.15) is 0 Å². The smallest absolute Gasteiger partial charge is 0.270 e. The van der Waals surface area contributed by atoms with E-state index in [1.165, 1.54) is 18.5 Å². The third kappa shape index (κ3) is 2.21. The van der Waals surface area contributed by atoms with Gasteiger partial charge < -0.3 is 10.6 Å². The van der Waals surface area contributed by atoms with Gasteiger partial charge >= 0.3 is 0 Å². The van der Waals surface area contributed by atoms with Crippen LogP contribution in [0, 0.1) is 10.1 Å². The number of fused-ring (bicyclic) bond motifs is 1. The third-order valence-electron chi connectivity index (χ3n) is 2.63. The molecule has 7 heteroatoms. The van der Waals surface area contributed by atoms with Crippen molar-refractivity contribution in [2.24, 2.45) is 5.73 Å². The van der Waals surface area contributed by atoms with Crippen LogP contribution in [0.25, 0.3) is 10.9 Å². The Morgan fingerprint density at radius 2 is 2.22 bits per heavy atom. The van der Waals surface area contributed by atoms with E-state index in [0.29, 0.717) is 29.8 Å². The fraction of sp³-hybridized carbons (Fsp3) is 0.273. The van der Waals surface area contributed by atoms with Crippen LogP contribution in [-0.4, -0.2) is 35.0 Å². The molecule has 94 valence electrons. The first-order chi connectivity index (χ1) is 8.63. The van der Waals surface area contributed by atoms with Crippen LogP contribution >= 0.6 is 0 Å². The number of hydrogen-bond acceptors (Lipinski definition) is 6. The van der Waals surface area contributed by atoms with Gasteiger partial charge in [-0.25, -0.2) is 9.97 Å². The summed E-state index contributed by atoms with van der Waals surface area (Å²) < 4.78 is 0. The lowest BCUT2D eigenvalue weighted by molar-refractivity contribution is -0.384. The summed E-state index contributed by atoms with van der Waals surface area (Å²) in [7, 11) is 1.84. The van der Waals surface area contributed by atoms with E-state index in [-0.39, 0.29) is 5.69 Å². The van der Waals surface area contributed by atoms with Crippen molar-refractivity contribution in [1.82, 2.24) is 9.97 Å². The maximum Gasteiger partial charge on any atom is 0.270 e. The lowest BCUT2D eigenvalue weighted by Crippen LogP contribution is -2.26. The Balaban J connectivity index is 2.58. The third-order valence-corrected chi connectivity index (χ3v) is 2.63. The van der Waals surface area contributed by atoms with Gasteiger partial charge in [-0.05, 0) is 6.07 Å². The van der Waals surface area contributed by atoms with Crippen LogP contribution in [0.15, 0.2) is 24.5 Å². The molecule has 1 heterocycles. The Labute approximate surface area is 103 Å². The van der Waals surface area contributed by atoms with E-state index in [0.717, 1.165) is 0 Å². The number of nitrogens with zero attached hydrogens (tertiary/aromatic N) is 4. The highest BCUT2D eigenvalue weighted by atomic mass is 16.6. The maximum atomic E-state index is 10.8. The first kappa shape index (κ1) is 12.2. The van der Waals surface area contributed by atoms with E-state index < -0.39 is 4.92 Å². The fourth-order valence-corrected chi connectivity index (χ4v) is 1.75. The molecule has 7 nitrogen and oxygen atoms in total. The number of non-ortho nitro benzene ring substituents is 1. The van der Waals surface area contributed by atoms with Crippen LogP contribution in [0.5, 0.6) is 0 Å². The SMILES string of the molecule is CN(CCN)c1ncnc2ccc([N+](=O)[O-])cc12. The predicted octanol–water partition coefficient (Wildman–Crippen LogP) is 0.933. The normalized spacial score (nSPS) is 10.6. The lowest BCUT2D eigenvalue weighted by atomic mass is 10.2. The quantitative estimate of drug-likeness (QED) is 0.637. The van der Waals surface area contributed by atoms with Gasteiger partial charge in [-0.3, -0.25) is 10.1 Å². The Bertz CT molecular complexity index is 587. The van der Waals surface area contributed by atoms with E-state index in [2.05, 4.69) is 9.97 Å². The predicted molar refractivity (Wildman–Crippen MR) is 68.5 cm³/mol. The highest BCUT2D eigenvalue weighted by Crippen LogP contribution is 2.25. The van der Waals surface area contributed by atoms with Crippen LogP contribution < -0.4 is 10.6 Å². The molecule has 0 atom stereocenters. The molecule has 2 aromatic rings. The Morgan fingerprint density at radius 1 is 1.44 bits per heavy atom. The Morgan fingerprint density at radius 3 is 2.89 bits per heavy atom. The number of rotatable bonds is 4. The molecule has 0 amide bonds. The fourth-order valence-electron chi connectivity index (χ4n) is 1.75. The number of nitro groups is 1. The summed E-state index contributed by atoms with van der Waals surface area (Å²) in [6, 6.07) is 4.54. The highest BCUT2D eigenvalue weighted by Gasteiger charge is 2.12. The van der Waals surface area contributed by atoms with Crippen LogP contribution in [0.4, 0.5) is 11.5 Å². The van der Waals surface area contributed by atoms with E-state index >= 15 is 0 Å². The summed E-state index contributed by atoms with van der Waals surface area (Å²) in [6.45, 7) is 1.10. The highest BCUT2D eigenvalue weighted by molar-refractivity contribution is 5.90. The zero-order valence-electron chi connectivity index (χ0n) is 9.91. The molecule has 1 aromatic carbocycles. The van der Waals surface area contributed by atoms with E-state index in [1.54, 1.807) is 6.07 Å². The molecule has 1 aromatic heterocycles. The standard InChI is InChI=1S/C11H13N5O2/c1-15(5-4-12)11-9-6-8(16(17)18)2-3-10(9)13-7-14-11/h2-3,6-7H,4-5,12H2,1H3. The Kier molecular flexibility index (Phi) is 3.33. The molecule has 2 N–H and O–H groups in total. The van der Waals surface area contributed by atoms with Crippen molar-refractivity contribution >= 4 is 22.4 Å². The van der Waals surface area contributed by atoms with Gasteiger partial charge in [-0.15, -0.1) is 0 Å². The van der Waals surface area contributed by atoms with Crippen molar-refractivity contribution in [3.05, 3.63) is 34.6 Å². The number of hydrogen-bond donors (Lipinski definition) is 1. The minimum atomic E-state index is -0.431. The summed E-state index contributed by atoms with van der Waals surface area (Å²) >= 11 is 0. The Hall–Kier alpha value is -2.28. The zero-order valence-corrected chi connectivity index (χ0v) is 9.91. The van der Waals surface area contributed by atoms with Gasteiger partial charge in [0.25, 0.3) is 5.69 Å². The van der Waals surface area contributed by atoms with Gasteiger partial charge in [0.2, 0.25) is 0 Å². The van der Waals surface area contributed by atoms with Gasteiger partial charge in [0.1, 0.15) is 12.1 Å². The minimum absolute atomic E-state index is 0.0275. The van der Waals surface area contributed by atoms with Gasteiger partial charge in [0.05, 0.1) is 10.4 Å². The van der Waals surface area contributed by atoms with Crippen LogP contribution in [-0.2, 0) is 0 Å². The molecule has 0 aliphatic carbocycles. The summed E-state index contributed by atoms with van der Waals surface area (Å²) in [5, 5.41) is 11.4. The van der Waals surface area contributed by atoms with E-state index in [9.17, 15) is 10.1 Å². The second-order valence-electron chi connectivity index (χ2n) is 3.87. The molecule has 0 radical (unpaired) electrons. The second-order valence-corrected chi connectivity index (χ2v) is 3.87. The second kappa shape index (κ2) is 4.92. The van der Waals surface area contributed by atoms with Crippen molar-refractivity contribution in [2.75, 3.05) is 25.0 Å².